The minimum absolute atomic E-state index is 0.0500. The quantitative estimate of drug-likeness (QED) is 0.769. The Morgan fingerprint density at radius 1 is 1.23 bits per heavy atom. The third-order valence-corrected chi connectivity index (χ3v) is 6.41. The maximum atomic E-state index is 14.6. The van der Waals surface area contributed by atoms with Crippen molar-refractivity contribution in [1.82, 2.24) is 5.01 Å². The van der Waals surface area contributed by atoms with Gasteiger partial charge in [-0.15, -0.1) is 0 Å². The Balaban J connectivity index is 1.88. The highest BCUT2D eigenvalue weighted by Gasteiger charge is 2.50. The molecular weight excluding hydrogens is 410 g/mol. The number of ether oxygens (including phenoxy) is 1. The van der Waals surface area contributed by atoms with Crippen molar-refractivity contribution < 1.29 is 18.3 Å². The Kier molecular flexibility index (Phi) is 5.57. The molecule has 0 aliphatic carbocycles. The number of nitrogens with two attached hydrogens (primary N) is 1. The first-order valence-corrected chi connectivity index (χ1v) is 10.3. The van der Waals surface area contributed by atoms with Crippen LogP contribution in [0.5, 0.6) is 0 Å². The molecule has 0 fully saturated rings. The zero-order chi connectivity index (χ0) is 21.3. The van der Waals surface area contributed by atoms with Crippen LogP contribution in [-0.4, -0.2) is 34.6 Å². The molecular formula is C21H20F2N4O2S. The van der Waals surface area contributed by atoms with Gasteiger partial charge in [-0.05, 0) is 50.1 Å². The number of nitrogens with zero attached hydrogens (tertiary/aromatic N) is 3. The van der Waals surface area contributed by atoms with E-state index in [0.717, 1.165) is 23.8 Å². The molecule has 2 heterocycles. The third-order valence-electron chi connectivity index (χ3n) is 4.97. The topological polar surface area (TPSA) is 80.3 Å². The summed E-state index contributed by atoms with van der Waals surface area (Å²) in [6.45, 7) is 2.13. The molecule has 0 bridgehead atoms. The Hall–Kier alpha value is -2.78. The number of rotatable bonds is 5. The number of hydrogen-bond donors (Lipinski definition) is 1. The Morgan fingerprint density at radius 3 is 2.67 bits per heavy atom. The van der Waals surface area contributed by atoms with Gasteiger partial charge in [-0.3, -0.25) is 0 Å². The monoisotopic (exact) mass is 430 g/mol. The Bertz CT molecular complexity index is 1030. The summed E-state index contributed by atoms with van der Waals surface area (Å²) in [7, 11) is 0. The van der Waals surface area contributed by atoms with Gasteiger partial charge >= 0.3 is 6.09 Å². The smallest absolute Gasteiger partial charge is 0.436 e. The van der Waals surface area contributed by atoms with Crippen LogP contribution in [-0.2, 0) is 9.61 Å². The van der Waals surface area contributed by atoms with Crippen molar-refractivity contribution in [3.63, 3.8) is 0 Å². The van der Waals surface area contributed by atoms with Crippen LogP contribution in [0.2, 0.25) is 0 Å². The van der Waals surface area contributed by atoms with Gasteiger partial charge < -0.3 is 10.5 Å². The summed E-state index contributed by atoms with van der Waals surface area (Å²) in [4.78, 5) is 15.0. The van der Waals surface area contributed by atoms with Gasteiger partial charge in [0.05, 0.1) is 0 Å². The van der Waals surface area contributed by atoms with Crippen molar-refractivity contribution in [3.05, 3.63) is 71.3 Å². The number of hydrazone groups is 1. The zero-order valence-corrected chi connectivity index (χ0v) is 17.0. The van der Waals surface area contributed by atoms with Crippen LogP contribution in [0.25, 0.3) is 0 Å². The van der Waals surface area contributed by atoms with Crippen molar-refractivity contribution in [2.45, 2.75) is 30.7 Å². The molecule has 1 unspecified atom stereocenters. The molecule has 2 N–H and O–H groups in total. The van der Waals surface area contributed by atoms with E-state index in [1.807, 2.05) is 30.3 Å². The van der Waals surface area contributed by atoms with Crippen molar-refractivity contribution >= 4 is 28.7 Å². The number of hydrogen-bond acceptors (Lipinski definition) is 6. The van der Waals surface area contributed by atoms with Crippen LogP contribution in [0.3, 0.4) is 0 Å². The van der Waals surface area contributed by atoms with Crippen molar-refractivity contribution in [1.29, 1.82) is 0 Å². The van der Waals surface area contributed by atoms with Crippen LogP contribution in [0.15, 0.2) is 58.6 Å². The van der Waals surface area contributed by atoms with E-state index < -0.39 is 28.7 Å². The average molecular weight is 430 g/mol. The third kappa shape index (κ3) is 3.59. The van der Waals surface area contributed by atoms with Gasteiger partial charge in [-0.2, -0.15) is 10.1 Å². The van der Waals surface area contributed by atoms with Gasteiger partial charge in [-0.1, -0.05) is 42.1 Å². The van der Waals surface area contributed by atoms with E-state index in [4.69, 9.17) is 10.5 Å². The highest BCUT2D eigenvalue weighted by Crippen LogP contribution is 2.51. The number of halogens is 2. The highest BCUT2D eigenvalue weighted by atomic mass is 32.2. The molecule has 0 radical (unpaired) electrons. The number of amidine groups is 1. The van der Waals surface area contributed by atoms with Gasteiger partial charge in [0.15, 0.2) is 11.9 Å². The first-order valence-electron chi connectivity index (χ1n) is 9.52. The molecule has 0 saturated heterocycles. The van der Waals surface area contributed by atoms with E-state index in [9.17, 15) is 13.6 Å². The Morgan fingerprint density at radius 2 is 2.00 bits per heavy atom. The van der Waals surface area contributed by atoms with Gasteiger partial charge in [0, 0.05) is 5.56 Å². The fourth-order valence-electron chi connectivity index (χ4n) is 3.56. The van der Waals surface area contributed by atoms with E-state index in [2.05, 4.69) is 10.1 Å². The van der Waals surface area contributed by atoms with Crippen LogP contribution in [0.4, 0.5) is 13.6 Å². The summed E-state index contributed by atoms with van der Waals surface area (Å²) in [5.74, 6) is -0.829. The van der Waals surface area contributed by atoms with Gasteiger partial charge in [0.25, 0.3) is 0 Å². The van der Waals surface area contributed by atoms with Gasteiger partial charge in [0.2, 0.25) is 0 Å². The van der Waals surface area contributed by atoms with Crippen molar-refractivity contribution in [3.8, 4) is 0 Å². The predicted molar refractivity (Wildman–Crippen MR) is 112 cm³/mol. The molecule has 0 aromatic heterocycles. The number of aliphatic imine (C=N–C) groups is 1. The fourth-order valence-corrected chi connectivity index (χ4v) is 4.99. The summed E-state index contributed by atoms with van der Waals surface area (Å²) < 4.78 is 33.6. The summed E-state index contributed by atoms with van der Waals surface area (Å²) in [5.41, 5.74) is 6.73. The number of carbonyl (C=O) groups is 1. The molecule has 30 heavy (non-hydrogen) atoms. The molecule has 6 nitrogen and oxygen atoms in total. The van der Waals surface area contributed by atoms with Crippen molar-refractivity contribution in [2.75, 3.05) is 6.54 Å². The maximum absolute atomic E-state index is 14.6. The lowest BCUT2D eigenvalue weighted by Gasteiger charge is -2.37. The first kappa shape index (κ1) is 20.5. The molecule has 0 saturated carbocycles. The fraction of sp³-hybridized carbons (Fsp3) is 0.286. The molecule has 156 valence electrons. The lowest BCUT2D eigenvalue weighted by Crippen LogP contribution is -2.44. The minimum atomic E-state index is -0.838. The summed E-state index contributed by atoms with van der Waals surface area (Å²) in [6.07, 6.45) is -0.144. The van der Waals surface area contributed by atoms with Gasteiger partial charge in [0.1, 0.15) is 21.5 Å². The lowest BCUT2D eigenvalue weighted by atomic mass is 9.99. The largest absolute Gasteiger partial charge is 0.437 e. The van der Waals surface area contributed by atoms with E-state index in [1.54, 1.807) is 11.9 Å². The SMILES string of the molecule is C[C@H]1OC(=O)N=C1N1N=C(c2cc(F)ccc2F)SC1(CCCN)c1ccccc1. The average Bonchev–Trinajstić information content (AvgIpc) is 3.28. The zero-order valence-electron chi connectivity index (χ0n) is 16.2. The maximum Gasteiger partial charge on any atom is 0.436 e. The van der Waals surface area contributed by atoms with Crippen LogP contribution in [0.1, 0.15) is 30.9 Å². The van der Waals surface area contributed by atoms with Crippen LogP contribution >= 0.6 is 11.8 Å². The molecule has 0 spiro atoms. The van der Waals surface area contributed by atoms with Crippen LogP contribution < -0.4 is 5.73 Å². The number of amides is 1. The summed E-state index contributed by atoms with van der Waals surface area (Å²) in [5, 5.41) is 6.52. The lowest BCUT2D eigenvalue weighted by molar-refractivity contribution is 0.149. The number of benzene rings is 2. The van der Waals surface area contributed by atoms with E-state index in [-0.39, 0.29) is 5.56 Å². The minimum Gasteiger partial charge on any atom is -0.437 e. The normalized spacial score (nSPS) is 23.4. The molecule has 1 amide bonds. The second-order valence-corrected chi connectivity index (χ2v) is 8.25. The molecule has 2 aliphatic rings. The first-order chi connectivity index (χ1) is 14.4. The summed E-state index contributed by atoms with van der Waals surface area (Å²) >= 11 is 1.29. The molecule has 2 aliphatic heterocycles. The molecule has 2 atom stereocenters. The summed E-state index contributed by atoms with van der Waals surface area (Å²) in [6, 6.07) is 12.8. The van der Waals surface area contributed by atoms with E-state index >= 15 is 0 Å². The molecule has 2 aromatic rings. The number of cyclic esters (lactones) is 1. The Labute approximate surface area is 176 Å². The number of thioether (sulfide) groups is 1. The van der Waals surface area contributed by atoms with Gasteiger partial charge in [-0.25, -0.2) is 18.6 Å². The van der Waals surface area contributed by atoms with Crippen molar-refractivity contribution in [2.24, 2.45) is 15.8 Å². The highest BCUT2D eigenvalue weighted by molar-refractivity contribution is 8.15. The standard InChI is InChI=1S/C21H20F2N4O2S/c1-13-18(25-20(28)29-13)27-21(10-5-11-24,14-6-3-2-4-7-14)30-19(26-27)16-12-15(22)8-9-17(16)23/h2-4,6-9,12-13H,5,10-11,24H2,1H3/t13-,21?/m1/s1. The van der Waals surface area contributed by atoms with E-state index in [1.165, 1.54) is 11.8 Å². The second kappa shape index (κ2) is 8.16. The van der Waals surface area contributed by atoms with Crippen LogP contribution in [0, 0.1) is 11.6 Å². The molecule has 4 rings (SSSR count). The molecule has 9 heteroatoms. The van der Waals surface area contributed by atoms with E-state index in [0.29, 0.717) is 30.3 Å². The molecule has 2 aromatic carbocycles. The second-order valence-electron chi connectivity index (χ2n) is 6.98. The number of carbonyl (C=O) groups excluding carboxylic acids is 1. The predicted octanol–water partition coefficient (Wildman–Crippen LogP) is 4.20.